The van der Waals surface area contributed by atoms with Gasteiger partial charge in [0.2, 0.25) is 11.8 Å². The number of halogens is 1. The Morgan fingerprint density at radius 1 is 1.28 bits per heavy atom. The van der Waals surface area contributed by atoms with Crippen LogP contribution in [0, 0.1) is 6.92 Å². The van der Waals surface area contributed by atoms with Gasteiger partial charge in [-0.05, 0) is 44.4 Å². The van der Waals surface area contributed by atoms with Crippen LogP contribution in [-0.4, -0.2) is 58.7 Å². The number of nitrogens with one attached hydrogen (secondary N) is 2. The Morgan fingerprint density at radius 3 is 2.62 bits per heavy atom. The number of imide groups is 1. The van der Waals surface area contributed by atoms with E-state index in [1.807, 2.05) is 6.92 Å². The Bertz CT molecular complexity index is 851. The highest BCUT2D eigenvalue weighted by atomic mass is 35.5. The molecule has 1 spiro atoms. The number of nitrogens with zero attached hydrogens (tertiary/aromatic N) is 2. The van der Waals surface area contributed by atoms with Crippen molar-refractivity contribution in [1.29, 1.82) is 0 Å². The van der Waals surface area contributed by atoms with E-state index in [9.17, 15) is 19.2 Å². The molecule has 1 aromatic carbocycles. The lowest BCUT2D eigenvalue weighted by atomic mass is 9.98. The number of hydrogen-bond acceptors (Lipinski definition) is 4. The topological polar surface area (TPSA) is 98.8 Å². The van der Waals surface area contributed by atoms with E-state index in [-0.39, 0.29) is 31.4 Å². The van der Waals surface area contributed by atoms with Crippen LogP contribution in [0.25, 0.3) is 0 Å². The van der Waals surface area contributed by atoms with Crippen molar-refractivity contribution in [2.24, 2.45) is 0 Å². The quantitative estimate of drug-likeness (QED) is 0.690. The summed E-state index contributed by atoms with van der Waals surface area (Å²) in [5.41, 5.74) is 0.567. The second-order valence-corrected chi connectivity index (χ2v) is 7.96. The largest absolute Gasteiger partial charge is 0.332 e. The molecule has 2 fully saturated rings. The summed E-state index contributed by atoms with van der Waals surface area (Å²) in [4.78, 5) is 52.3. The predicted octanol–water partition coefficient (Wildman–Crippen LogP) is 2.30. The average molecular weight is 421 g/mol. The van der Waals surface area contributed by atoms with Gasteiger partial charge in [0.25, 0.3) is 5.91 Å². The van der Waals surface area contributed by atoms with E-state index in [1.165, 1.54) is 4.90 Å². The smallest absolute Gasteiger partial charge is 0.325 e. The van der Waals surface area contributed by atoms with Crippen LogP contribution in [0.2, 0.25) is 5.02 Å². The normalized spacial score (nSPS) is 17.6. The highest BCUT2D eigenvalue weighted by Crippen LogP contribution is 2.35. The molecular formula is C20H25ClN4O4. The number of rotatable bonds is 6. The van der Waals surface area contributed by atoms with Crippen molar-refractivity contribution in [2.45, 2.75) is 45.1 Å². The molecule has 0 radical (unpaired) electrons. The summed E-state index contributed by atoms with van der Waals surface area (Å²) in [7, 11) is 0. The van der Waals surface area contributed by atoms with Gasteiger partial charge in [-0.15, -0.1) is 0 Å². The fourth-order valence-electron chi connectivity index (χ4n) is 3.84. The van der Waals surface area contributed by atoms with Gasteiger partial charge in [-0.25, -0.2) is 4.79 Å². The second-order valence-electron chi connectivity index (χ2n) is 7.53. The van der Waals surface area contributed by atoms with Crippen molar-refractivity contribution in [3.05, 3.63) is 28.8 Å². The van der Waals surface area contributed by atoms with Crippen molar-refractivity contribution in [3.8, 4) is 0 Å². The fraction of sp³-hybridized carbons (Fsp3) is 0.500. The van der Waals surface area contributed by atoms with Gasteiger partial charge in [-0.2, -0.15) is 0 Å². The minimum absolute atomic E-state index is 0.184. The molecular weight excluding hydrogens is 396 g/mol. The zero-order valence-corrected chi connectivity index (χ0v) is 17.3. The van der Waals surface area contributed by atoms with Crippen LogP contribution in [0.5, 0.6) is 0 Å². The number of amides is 5. The van der Waals surface area contributed by atoms with Crippen LogP contribution < -0.4 is 10.6 Å². The summed E-state index contributed by atoms with van der Waals surface area (Å²) in [6.07, 6.45) is 2.94. The molecule has 1 saturated heterocycles. The molecule has 1 heterocycles. The lowest BCUT2D eigenvalue weighted by Gasteiger charge is -2.24. The number of anilines is 1. The monoisotopic (exact) mass is 420 g/mol. The molecule has 5 amide bonds. The van der Waals surface area contributed by atoms with Crippen molar-refractivity contribution < 1.29 is 19.2 Å². The average Bonchev–Trinajstić information content (AvgIpc) is 3.23. The molecule has 0 atom stereocenters. The van der Waals surface area contributed by atoms with Crippen molar-refractivity contribution in [1.82, 2.24) is 15.1 Å². The Kier molecular flexibility index (Phi) is 6.12. The molecule has 0 aromatic heterocycles. The van der Waals surface area contributed by atoms with Crippen molar-refractivity contribution >= 4 is 41.0 Å². The van der Waals surface area contributed by atoms with E-state index < -0.39 is 17.5 Å². The zero-order chi connectivity index (χ0) is 21.2. The lowest BCUT2D eigenvalue weighted by Crippen LogP contribution is -2.47. The number of urea groups is 1. The molecule has 0 unspecified atom stereocenters. The third kappa shape index (κ3) is 4.37. The van der Waals surface area contributed by atoms with Crippen LogP contribution in [0.4, 0.5) is 10.5 Å². The highest BCUT2D eigenvalue weighted by molar-refractivity contribution is 6.31. The predicted molar refractivity (Wildman–Crippen MR) is 109 cm³/mol. The Labute approximate surface area is 174 Å². The van der Waals surface area contributed by atoms with Crippen LogP contribution in [0.3, 0.4) is 0 Å². The standard InChI is InChI=1S/C20H25ClN4O4/c1-3-24(11-16(26)22-15-10-14(21)7-6-13(15)2)17(27)12-25-18(28)20(23-19(25)29)8-4-5-9-20/h6-7,10H,3-5,8-9,11-12H2,1-2H3,(H,22,26)(H,23,29). The third-order valence-corrected chi connectivity index (χ3v) is 5.77. The summed E-state index contributed by atoms with van der Waals surface area (Å²) in [6, 6.07) is 4.61. The Hall–Kier alpha value is -2.61. The maximum Gasteiger partial charge on any atom is 0.325 e. The highest BCUT2D eigenvalue weighted by Gasteiger charge is 2.52. The van der Waals surface area contributed by atoms with Crippen LogP contribution >= 0.6 is 11.6 Å². The van der Waals surface area contributed by atoms with Gasteiger partial charge in [0.15, 0.2) is 0 Å². The first-order valence-electron chi connectivity index (χ1n) is 9.73. The molecule has 0 bridgehead atoms. The molecule has 1 aromatic rings. The van der Waals surface area contributed by atoms with Crippen LogP contribution in [0.15, 0.2) is 18.2 Å². The van der Waals surface area contributed by atoms with E-state index in [1.54, 1.807) is 25.1 Å². The summed E-state index contributed by atoms with van der Waals surface area (Å²) < 4.78 is 0. The molecule has 29 heavy (non-hydrogen) atoms. The van der Waals surface area contributed by atoms with Gasteiger partial charge in [0.05, 0.1) is 6.54 Å². The first-order valence-corrected chi connectivity index (χ1v) is 10.1. The minimum Gasteiger partial charge on any atom is -0.332 e. The zero-order valence-electron chi connectivity index (χ0n) is 16.6. The summed E-state index contributed by atoms with van der Waals surface area (Å²) in [5.74, 6) is -1.18. The van der Waals surface area contributed by atoms with Crippen molar-refractivity contribution in [3.63, 3.8) is 0 Å². The summed E-state index contributed by atoms with van der Waals surface area (Å²) in [6.45, 7) is 3.29. The molecule has 156 valence electrons. The number of benzene rings is 1. The molecule has 1 saturated carbocycles. The number of aryl methyl sites for hydroxylation is 1. The van der Waals surface area contributed by atoms with E-state index in [0.717, 1.165) is 23.3 Å². The molecule has 1 aliphatic carbocycles. The lowest BCUT2D eigenvalue weighted by molar-refractivity contribution is -0.140. The van der Waals surface area contributed by atoms with Gasteiger partial charge in [-0.3, -0.25) is 19.3 Å². The molecule has 1 aliphatic heterocycles. The third-order valence-electron chi connectivity index (χ3n) is 5.54. The number of carbonyl (C=O) groups is 4. The molecule has 2 N–H and O–H groups in total. The van der Waals surface area contributed by atoms with Gasteiger partial charge in [0.1, 0.15) is 12.1 Å². The number of carbonyl (C=O) groups excluding carboxylic acids is 4. The maximum atomic E-state index is 12.7. The summed E-state index contributed by atoms with van der Waals surface area (Å²) in [5, 5.41) is 5.99. The van der Waals surface area contributed by atoms with Gasteiger partial charge in [-0.1, -0.05) is 30.5 Å². The molecule has 2 aliphatic rings. The number of hydrogen-bond donors (Lipinski definition) is 2. The molecule has 3 rings (SSSR count). The van der Waals surface area contributed by atoms with Gasteiger partial charge in [0, 0.05) is 17.3 Å². The van der Waals surface area contributed by atoms with E-state index in [0.29, 0.717) is 23.6 Å². The fourth-order valence-corrected chi connectivity index (χ4v) is 4.01. The van der Waals surface area contributed by atoms with Gasteiger partial charge < -0.3 is 15.5 Å². The first kappa shape index (κ1) is 21.1. The summed E-state index contributed by atoms with van der Waals surface area (Å²) >= 11 is 5.97. The Morgan fingerprint density at radius 2 is 1.97 bits per heavy atom. The van der Waals surface area contributed by atoms with Crippen molar-refractivity contribution in [2.75, 3.05) is 25.0 Å². The second kappa shape index (κ2) is 8.41. The van der Waals surface area contributed by atoms with E-state index in [2.05, 4.69) is 10.6 Å². The Balaban J connectivity index is 1.61. The SMILES string of the molecule is CCN(CC(=O)Nc1cc(Cl)ccc1C)C(=O)CN1C(=O)NC2(CCCC2)C1=O. The maximum absolute atomic E-state index is 12.7. The van der Waals surface area contributed by atoms with Crippen LogP contribution in [-0.2, 0) is 14.4 Å². The first-order chi connectivity index (χ1) is 13.8. The van der Waals surface area contributed by atoms with E-state index in [4.69, 9.17) is 11.6 Å². The molecule has 9 heteroatoms. The minimum atomic E-state index is -0.851. The molecule has 8 nitrogen and oxygen atoms in total. The van der Waals surface area contributed by atoms with E-state index >= 15 is 0 Å². The van der Waals surface area contributed by atoms with Crippen LogP contribution in [0.1, 0.15) is 38.2 Å². The van der Waals surface area contributed by atoms with Gasteiger partial charge >= 0.3 is 6.03 Å². The number of likely N-dealkylation sites (N-methyl/N-ethyl adjacent to an activating group) is 1.